The number of nitrogens with one attached hydrogen (secondary N) is 1. The van der Waals surface area contributed by atoms with Gasteiger partial charge in [0.05, 0.1) is 10.6 Å². The zero-order chi connectivity index (χ0) is 15.6. The van der Waals surface area contributed by atoms with Gasteiger partial charge in [0.25, 0.3) is 10.0 Å². The van der Waals surface area contributed by atoms with Crippen molar-refractivity contribution >= 4 is 33.1 Å². The van der Waals surface area contributed by atoms with E-state index in [2.05, 4.69) is 4.72 Å². The molecular weight excluding hydrogens is 310 g/mol. The van der Waals surface area contributed by atoms with Crippen LogP contribution in [0.3, 0.4) is 0 Å². The van der Waals surface area contributed by atoms with Gasteiger partial charge in [-0.2, -0.15) is 0 Å². The first-order chi connectivity index (χ1) is 9.79. The maximum absolute atomic E-state index is 12.3. The summed E-state index contributed by atoms with van der Waals surface area (Å²) in [5.74, 6) is -0.113. The molecule has 4 nitrogen and oxygen atoms in total. The van der Waals surface area contributed by atoms with Crippen molar-refractivity contribution in [3.63, 3.8) is 0 Å². The largest absolute Gasteiger partial charge is 0.295 e. The lowest BCUT2D eigenvalue weighted by Gasteiger charge is -2.11. The Morgan fingerprint density at radius 2 is 1.71 bits per heavy atom. The average Bonchev–Trinajstić information content (AvgIpc) is 2.43. The molecule has 0 radical (unpaired) electrons. The van der Waals surface area contributed by atoms with Crippen molar-refractivity contribution in [2.75, 3.05) is 4.72 Å². The molecule has 6 heteroatoms. The number of ketones is 1. The Morgan fingerprint density at radius 3 is 2.29 bits per heavy atom. The van der Waals surface area contributed by atoms with Gasteiger partial charge >= 0.3 is 0 Å². The maximum Gasteiger partial charge on any atom is 0.261 e. The van der Waals surface area contributed by atoms with Crippen LogP contribution in [0.25, 0.3) is 0 Å². The molecule has 2 aromatic rings. The molecule has 0 amide bonds. The van der Waals surface area contributed by atoms with Crippen molar-refractivity contribution < 1.29 is 13.2 Å². The summed E-state index contributed by atoms with van der Waals surface area (Å²) < 4.78 is 27.1. The third kappa shape index (κ3) is 3.62. The van der Waals surface area contributed by atoms with Crippen LogP contribution in [0.2, 0.25) is 5.02 Å². The Labute approximate surface area is 128 Å². The van der Waals surface area contributed by atoms with Gasteiger partial charge in [-0.25, -0.2) is 8.42 Å². The fraction of sp³-hybridized carbons (Fsp3) is 0.133. The van der Waals surface area contributed by atoms with Crippen LogP contribution >= 0.6 is 11.6 Å². The van der Waals surface area contributed by atoms with Crippen molar-refractivity contribution in [3.8, 4) is 0 Å². The minimum atomic E-state index is -3.71. The van der Waals surface area contributed by atoms with Crippen molar-refractivity contribution in [2.45, 2.75) is 18.7 Å². The quantitative estimate of drug-likeness (QED) is 0.873. The Kier molecular flexibility index (Phi) is 4.34. The lowest BCUT2D eigenvalue weighted by atomic mass is 10.2. The van der Waals surface area contributed by atoms with Crippen LogP contribution < -0.4 is 4.72 Å². The summed E-state index contributed by atoms with van der Waals surface area (Å²) in [6.45, 7) is 3.21. The number of anilines is 1. The van der Waals surface area contributed by atoms with Crippen LogP contribution in [0.1, 0.15) is 22.8 Å². The van der Waals surface area contributed by atoms with E-state index >= 15 is 0 Å². The van der Waals surface area contributed by atoms with E-state index in [1.54, 1.807) is 25.1 Å². The summed E-state index contributed by atoms with van der Waals surface area (Å²) in [7, 11) is -3.71. The highest BCUT2D eigenvalue weighted by Crippen LogP contribution is 2.23. The monoisotopic (exact) mass is 323 g/mol. The number of hydrogen-bond donors (Lipinski definition) is 1. The fourth-order valence-corrected chi connectivity index (χ4v) is 3.07. The number of Topliss-reactive ketones (excluding diaryl/α,β-unsaturated/α-hetero) is 1. The first-order valence-electron chi connectivity index (χ1n) is 6.19. The summed E-state index contributed by atoms with van der Waals surface area (Å²) in [4.78, 5) is 11.3. The lowest BCUT2D eigenvalue weighted by molar-refractivity contribution is 0.101. The summed E-state index contributed by atoms with van der Waals surface area (Å²) in [5, 5.41) is 0.449. The van der Waals surface area contributed by atoms with Crippen LogP contribution in [0.5, 0.6) is 0 Å². The maximum atomic E-state index is 12.3. The van der Waals surface area contributed by atoms with E-state index in [0.29, 0.717) is 16.3 Å². The summed E-state index contributed by atoms with van der Waals surface area (Å²) in [5.41, 5.74) is 1.66. The Bertz CT molecular complexity index is 783. The van der Waals surface area contributed by atoms with Crippen LogP contribution in [0.4, 0.5) is 5.69 Å². The number of carbonyl (C=O) groups is 1. The van der Waals surface area contributed by atoms with E-state index in [-0.39, 0.29) is 10.7 Å². The van der Waals surface area contributed by atoms with Gasteiger partial charge in [-0.1, -0.05) is 29.8 Å². The van der Waals surface area contributed by atoms with Crippen molar-refractivity contribution in [1.82, 2.24) is 0 Å². The SMILES string of the molecule is CC(=O)c1ccc(S(=O)(=O)Nc2cc(Cl)ccc2C)cc1. The third-order valence-electron chi connectivity index (χ3n) is 3.02. The van der Waals surface area contributed by atoms with Gasteiger partial charge in [0.15, 0.2) is 5.78 Å². The highest BCUT2D eigenvalue weighted by molar-refractivity contribution is 7.92. The smallest absolute Gasteiger partial charge is 0.261 e. The Hall–Kier alpha value is -1.85. The average molecular weight is 324 g/mol. The van der Waals surface area contributed by atoms with Crippen molar-refractivity contribution in [1.29, 1.82) is 0 Å². The molecule has 0 saturated heterocycles. The topological polar surface area (TPSA) is 63.2 Å². The minimum Gasteiger partial charge on any atom is -0.295 e. The van der Waals surface area contributed by atoms with Gasteiger partial charge in [-0.3, -0.25) is 9.52 Å². The molecule has 0 aromatic heterocycles. The molecular formula is C15H14ClNO3S. The number of hydrogen-bond acceptors (Lipinski definition) is 3. The summed E-state index contributed by atoms with van der Waals surface area (Å²) in [6.07, 6.45) is 0. The molecule has 0 aliphatic carbocycles. The highest BCUT2D eigenvalue weighted by atomic mass is 35.5. The van der Waals surface area contributed by atoms with Gasteiger partial charge in [0, 0.05) is 10.6 Å². The number of benzene rings is 2. The molecule has 0 spiro atoms. The first kappa shape index (κ1) is 15.5. The molecule has 0 aliphatic heterocycles. The minimum absolute atomic E-state index is 0.0897. The van der Waals surface area contributed by atoms with E-state index in [1.807, 2.05) is 0 Å². The second kappa shape index (κ2) is 5.87. The van der Waals surface area contributed by atoms with Crippen LogP contribution in [-0.4, -0.2) is 14.2 Å². The molecule has 0 atom stereocenters. The molecule has 0 aliphatic rings. The number of rotatable bonds is 4. The van der Waals surface area contributed by atoms with Gasteiger partial charge in [-0.15, -0.1) is 0 Å². The van der Waals surface area contributed by atoms with E-state index in [4.69, 9.17) is 11.6 Å². The summed E-state index contributed by atoms with van der Waals surface area (Å²) >= 11 is 5.87. The van der Waals surface area contributed by atoms with E-state index < -0.39 is 10.0 Å². The molecule has 0 unspecified atom stereocenters. The predicted molar refractivity (Wildman–Crippen MR) is 83.4 cm³/mol. The molecule has 0 heterocycles. The highest BCUT2D eigenvalue weighted by Gasteiger charge is 2.15. The number of carbonyl (C=O) groups excluding carboxylic acids is 1. The molecule has 110 valence electrons. The standard InChI is InChI=1S/C15H14ClNO3S/c1-10-3-6-13(16)9-15(10)17-21(19,20)14-7-4-12(5-8-14)11(2)18/h3-9,17H,1-2H3. The van der Waals surface area contributed by atoms with Gasteiger partial charge in [0.2, 0.25) is 0 Å². The Morgan fingerprint density at radius 1 is 1.10 bits per heavy atom. The van der Waals surface area contributed by atoms with E-state index in [1.165, 1.54) is 31.2 Å². The molecule has 2 aromatic carbocycles. The van der Waals surface area contributed by atoms with Crippen molar-refractivity contribution in [3.05, 3.63) is 58.6 Å². The van der Waals surface area contributed by atoms with Crippen LogP contribution in [0.15, 0.2) is 47.4 Å². The first-order valence-corrected chi connectivity index (χ1v) is 8.06. The van der Waals surface area contributed by atoms with Crippen molar-refractivity contribution in [2.24, 2.45) is 0 Å². The number of sulfonamides is 1. The predicted octanol–water partition coefficient (Wildman–Crippen LogP) is 3.65. The number of halogens is 1. The second-order valence-corrected chi connectivity index (χ2v) is 6.76. The zero-order valence-corrected chi connectivity index (χ0v) is 13.1. The summed E-state index contributed by atoms with van der Waals surface area (Å²) in [6, 6.07) is 10.8. The molecule has 21 heavy (non-hydrogen) atoms. The van der Waals surface area contributed by atoms with Gasteiger partial charge < -0.3 is 0 Å². The number of aryl methyl sites for hydroxylation is 1. The molecule has 1 N–H and O–H groups in total. The van der Waals surface area contributed by atoms with Gasteiger partial charge in [0.1, 0.15) is 0 Å². The molecule has 0 fully saturated rings. The zero-order valence-electron chi connectivity index (χ0n) is 11.6. The Balaban J connectivity index is 2.34. The van der Waals surface area contributed by atoms with E-state index in [9.17, 15) is 13.2 Å². The normalized spacial score (nSPS) is 11.2. The van der Waals surface area contributed by atoms with E-state index in [0.717, 1.165) is 5.56 Å². The molecule has 0 bridgehead atoms. The van der Waals surface area contributed by atoms with Crippen LogP contribution in [-0.2, 0) is 10.0 Å². The third-order valence-corrected chi connectivity index (χ3v) is 4.63. The molecule has 0 saturated carbocycles. The lowest BCUT2D eigenvalue weighted by Crippen LogP contribution is -2.14. The fourth-order valence-electron chi connectivity index (χ4n) is 1.78. The molecule has 2 rings (SSSR count). The van der Waals surface area contributed by atoms with Crippen LogP contribution in [0, 0.1) is 6.92 Å². The van der Waals surface area contributed by atoms with Gasteiger partial charge in [-0.05, 0) is 43.7 Å². The second-order valence-electron chi connectivity index (χ2n) is 4.65.